The second-order valence-corrected chi connectivity index (χ2v) is 21.5. The standard InChI is InChI=1S/C56H103N5O24/c1-54(2,3)83-50(67)13-11-45(52(69)85-56(7,8)9)61-53(70)60-44(51(68)84-55(4,5)6)10-12-46(62)57-17-23-74-29-35-80-41-38-77-32-26-71-20-14-47(63)58-18-24-75-30-36-81-42-39-78-33-27-72-21-15-48(64)59-19-25-76-31-37-82-43-40-79-34-28-73-22-16-49(65)66/h44-45H,10-43H2,1-9H3,(H,57,62)(H,58,63)(H,59,64)(H,65,66)(H2,60,61,70)/t44-,45-/m0/s1. The van der Waals surface area contributed by atoms with Gasteiger partial charge in [0.15, 0.2) is 0 Å². The van der Waals surface area contributed by atoms with E-state index in [1.807, 2.05) is 0 Å². The number of nitrogens with one attached hydrogen (secondary N) is 5. The van der Waals surface area contributed by atoms with Gasteiger partial charge in [0.05, 0.1) is 165 Å². The maximum Gasteiger partial charge on any atom is 0.329 e. The second kappa shape index (κ2) is 51.2. The maximum absolute atomic E-state index is 13.2. The zero-order valence-electron chi connectivity index (χ0n) is 52.0. The van der Waals surface area contributed by atoms with E-state index in [0.29, 0.717) is 139 Å². The number of urea groups is 1. The lowest BCUT2D eigenvalue weighted by Gasteiger charge is -2.27. The van der Waals surface area contributed by atoms with Crippen LogP contribution in [0.3, 0.4) is 0 Å². The van der Waals surface area contributed by atoms with Gasteiger partial charge >= 0.3 is 29.9 Å². The van der Waals surface area contributed by atoms with Gasteiger partial charge < -0.3 is 103 Å². The molecule has 0 rings (SSSR count). The van der Waals surface area contributed by atoms with Crippen LogP contribution in [0.25, 0.3) is 0 Å². The van der Waals surface area contributed by atoms with E-state index < -0.39 is 64.7 Å². The van der Waals surface area contributed by atoms with Gasteiger partial charge in [0.2, 0.25) is 17.7 Å². The highest BCUT2D eigenvalue weighted by Crippen LogP contribution is 2.15. The van der Waals surface area contributed by atoms with Gasteiger partial charge in [-0.25, -0.2) is 14.4 Å². The Balaban J connectivity index is 3.84. The van der Waals surface area contributed by atoms with E-state index in [4.69, 9.17) is 76.2 Å². The summed E-state index contributed by atoms with van der Waals surface area (Å²) in [6, 6.07) is -3.41. The van der Waals surface area contributed by atoms with Crippen LogP contribution in [0.1, 0.15) is 107 Å². The minimum atomic E-state index is -1.25. The van der Waals surface area contributed by atoms with E-state index in [1.165, 1.54) is 0 Å². The molecule has 0 fully saturated rings. The van der Waals surface area contributed by atoms with Crippen molar-refractivity contribution in [1.29, 1.82) is 0 Å². The van der Waals surface area contributed by atoms with Gasteiger partial charge in [-0.05, 0) is 75.2 Å². The molecule has 0 aliphatic carbocycles. The monoisotopic (exact) mass is 1230 g/mol. The van der Waals surface area contributed by atoms with Crippen molar-refractivity contribution in [2.45, 2.75) is 136 Å². The Kier molecular flexibility index (Phi) is 48.2. The first-order chi connectivity index (χ1) is 40.4. The van der Waals surface area contributed by atoms with E-state index >= 15 is 0 Å². The fraction of sp³-hybridized carbons (Fsp3) is 0.857. The Morgan fingerprint density at radius 1 is 0.318 bits per heavy atom. The Labute approximate surface area is 501 Å². The average Bonchev–Trinajstić information content (AvgIpc) is 3.63. The Hall–Kier alpha value is -4.92. The largest absolute Gasteiger partial charge is 0.481 e. The molecule has 0 radical (unpaired) electrons. The number of aliphatic carboxylic acids is 1. The molecule has 2 atom stereocenters. The van der Waals surface area contributed by atoms with Crippen LogP contribution in [-0.2, 0) is 105 Å². The minimum Gasteiger partial charge on any atom is -0.481 e. The number of amides is 5. The number of hydrogen-bond donors (Lipinski definition) is 6. The third-order valence-corrected chi connectivity index (χ3v) is 10.2. The number of ether oxygens (including phenoxy) is 15. The third kappa shape index (κ3) is 57.9. The molecule has 0 saturated heterocycles. The number of rotatable bonds is 55. The van der Waals surface area contributed by atoms with Crippen LogP contribution in [-0.4, -0.2) is 260 Å². The summed E-state index contributed by atoms with van der Waals surface area (Å²) in [5, 5.41) is 21.8. The molecule has 0 aliphatic rings. The molecular weight excluding hydrogens is 1130 g/mol. The minimum absolute atomic E-state index is 0.0339. The Morgan fingerprint density at radius 3 is 0.847 bits per heavy atom. The van der Waals surface area contributed by atoms with Crippen molar-refractivity contribution in [3.8, 4) is 0 Å². The number of esters is 3. The topological polar surface area (TPSA) is 355 Å². The molecule has 0 aromatic heterocycles. The highest BCUT2D eigenvalue weighted by molar-refractivity contribution is 5.88. The highest BCUT2D eigenvalue weighted by Gasteiger charge is 2.32. The lowest BCUT2D eigenvalue weighted by molar-refractivity contribution is -0.159. The first-order valence-corrected chi connectivity index (χ1v) is 29.1. The van der Waals surface area contributed by atoms with Crippen molar-refractivity contribution in [2.75, 3.05) is 178 Å². The zero-order chi connectivity index (χ0) is 63.5. The first-order valence-electron chi connectivity index (χ1n) is 29.1. The molecule has 29 nitrogen and oxygen atoms in total. The van der Waals surface area contributed by atoms with Crippen molar-refractivity contribution >= 4 is 47.6 Å². The van der Waals surface area contributed by atoms with Gasteiger partial charge in [-0.2, -0.15) is 0 Å². The molecule has 0 bridgehead atoms. The molecule has 29 heteroatoms. The van der Waals surface area contributed by atoms with Gasteiger partial charge in [-0.1, -0.05) is 0 Å². The van der Waals surface area contributed by atoms with E-state index in [1.54, 1.807) is 62.3 Å². The van der Waals surface area contributed by atoms with E-state index in [2.05, 4.69) is 26.6 Å². The van der Waals surface area contributed by atoms with Crippen LogP contribution in [0, 0.1) is 0 Å². The Bertz CT molecular complexity index is 1800. The van der Waals surface area contributed by atoms with Crippen molar-refractivity contribution < 1.29 is 115 Å². The number of carbonyl (C=O) groups is 8. The first kappa shape index (κ1) is 80.1. The summed E-state index contributed by atoms with van der Waals surface area (Å²) in [5.74, 6) is -3.74. The molecule has 496 valence electrons. The normalized spacial score (nSPS) is 12.4. The second-order valence-electron chi connectivity index (χ2n) is 21.5. The molecular formula is C56H103N5O24. The maximum atomic E-state index is 13.2. The van der Waals surface area contributed by atoms with Crippen LogP contribution in [0.4, 0.5) is 4.79 Å². The lowest BCUT2D eigenvalue weighted by atomic mass is 10.1. The predicted octanol–water partition coefficient (Wildman–Crippen LogP) is 1.41. The summed E-state index contributed by atoms with van der Waals surface area (Å²) >= 11 is 0. The molecule has 85 heavy (non-hydrogen) atoms. The molecule has 5 amide bonds. The number of carboxylic acid groups (broad SMARTS) is 1. The van der Waals surface area contributed by atoms with Crippen molar-refractivity contribution in [2.24, 2.45) is 0 Å². The quantitative estimate of drug-likeness (QED) is 0.0285. The van der Waals surface area contributed by atoms with E-state index in [0.717, 1.165) is 0 Å². The number of carboxylic acids is 1. The Morgan fingerprint density at radius 2 is 0.565 bits per heavy atom. The highest BCUT2D eigenvalue weighted by atomic mass is 16.6. The fourth-order valence-electron chi connectivity index (χ4n) is 6.36. The van der Waals surface area contributed by atoms with E-state index in [-0.39, 0.29) is 96.3 Å². The average molecular weight is 1230 g/mol. The van der Waals surface area contributed by atoms with Crippen molar-refractivity contribution in [3.05, 3.63) is 0 Å². The van der Waals surface area contributed by atoms with Crippen LogP contribution >= 0.6 is 0 Å². The van der Waals surface area contributed by atoms with Crippen molar-refractivity contribution in [3.63, 3.8) is 0 Å². The molecule has 6 N–H and O–H groups in total. The van der Waals surface area contributed by atoms with Gasteiger partial charge in [-0.15, -0.1) is 0 Å². The molecule has 0 spiro atoms. The number of carbonyl (C=O) groups excluding carboxylic acids is 7. The molecule has 0 aromatic rings. The smallest absolute Gasteiger partial charge is 0.329 e. The molecule has 0 saturated carbocycles. The van der Waals surface area contributed by atoms with E-state index in [9.17, 15) is 38.4 Å². The van der Waals surface area contributed by atoms with Gasteiger partial charge in [0.1, 0.15) is 28.9 Å². The lowest BCUT2D eigenvalue weighted by Crippen LogP contribution is -2.53. The zero-order valence-corrected chi connectivity index (χ0v) is 52.0. The van der Waals surface area contributed by atoms with Crippen LogP contribution in [0.15, 0.2) is 0 Å². The van der Waals surface area contributed by atoms with Gasteiger partial charge in [-0.3, -0.25) is 24.0 Å². The number of hydrogen-bond acceptors (Lipinski definition) is 23. The summed E-state index contributed by atoms with van der Waals surface area (Å²) < 4.78 is 81.3. The SMILES string of the molecule is CC(C)(C)OC(=O)CC[C@H](NC(=O)N[C@@H](CCC(=O)NCCOCCOCCOCCOCCC(=O)NCCOCCOCCOCCOCCC(=O)NCCOCCOCCOCCOCCC(=O)O)C(=O)OC(C)(C)C)C(=O)OC(C)(C)C. The molecule has 0 aromatic carbocycles. The third-order valence-electron chi connectivity index (χ3n) is 10.2. The summed E-state index contributed by atoms with van der Waals surface area (Å²) in [6.45, 7) is 23.9. The molecule has 0 heterocycles. The summed E-state index contributed by atoms with van der Waals surface area (Å²) in [7, 11) is 0. The van der Waals surface area contributed by atoms with Crippen LogP contribution < -0.4 is 26.6 Å². The fourth-order valence-corrected chi connectivity index (χ4v) is 6.36. The molecule has 0 aliphatic heterocycles. The van der Waals surface area contributed by atoms with Gasteiger partial charge in [0.25, 0.3) is 0 Å². The predicted molar refractivity (Wildman–Crippen MR) is 306 cm³/mol. The van der Waals surface area contributed by atoms with Gasteiger partial charge in [0, 0.05) is 45.3 Å². The summed E-state index contributed by atoms with van der Waals surface area (Å²) in [4.78, 5) is 98.7. The molecule has 0 unspecified atom stereocenters. The summed E-state index contributed by atoms with van der Waals surface area (Å²) in [5.41, 5.74) is -2.54. The van der Waals surface area contributed by atoms with Crippen LogP contribution in [0.5, 0.6) is 0 Å². The van der Waals surface area contributed by atoms with Crippen LogP contribution in [0.2, 0.25) is 0 Å². The summed E-state index contributed by atoms with van der Waals surface area (Å²) in [6.07, 6.45) is -0.210. The van der Waals surface area contributed by atoms with Crippen molar-refractivity contribution in [1.82, 2.24) is 26.6 Å².